The molecule has 3 nitrogen and oxygen atoms in total. The van der Waals surface area contributed by atoms with E-state index >= 15 is 0 Å². The zero-order valence-corrected chi connectivity index (χ0v) is 9.55. The average molecular weight is 200 g/mol. The topological polar surface area (TPSA) is 35.5 Å². The van der Waals surface area contributed by atoms with Gasteiger partial charge in [0.05, 0.1) is 0 Å². The van der Waals surface area contributed by atoms with Gasteiger partial charge in [0, 0.05) is 18.6 Å². The third-order valence-electron chi connectivity index (χ3n) is 3.21. The Hall–Kier alpha value is -0.120. The fourth-order valence-corrected chi connectivity index (χ4v) is 1.94. The van der Waals surface area contributed by atoms with Crippen LogP contribution < -0.4 is 5.32 Å². The SMILES string of the molecule is CN(C)CCCNCC1(CO)CCC1. The molecule has 0 heterocycles. The fourth-order valence-electron chi connectivity index (χ4n) is 1.94. The Morgan fingerprint density at radius 3 is 2.50 bits per heavy atom. The molecule has 0 aromatic carbocycles. The van der Waals surface area contributed by atoms with E-state index in [9.17, 15) is 5.11 Å². The Morgan fingerprint density at radius 1 is 1.36 bits per heavy atom. The van der Waals surface area contributed by atoms with Gasteiger partial charge in [-0.15, -0.1) is 0 Å². The van der Waals surface area contributed by atoms with Gasteiger partial charge in [0.25, 0.3) is 0 Å². The van der Waals surface area contributed by atoms with Gasteiger partial charge >= 0.3 is 0 Å². The lowest BCUT2D eigenvalue weighted by molar-refractivity contribution is 0.0448. The van der Waals surface area contributed by atoms with Crippen LogP contribution in [0.1, 0.15) is 25.7 Å². The van der Waals surface area contributed by atoms with Gasteiger partial charge in [-0.2, -0.15) is 0 Å². The van der Waals surface area contributed by atoms with Crippen LogP contribution in [0.25, 0.3) is 0 Å². The predicted molar refractivity (Wildman–Crippen MR) is 59.4 cm³/mol. The minimum Gasteiger partial charge on any atom is -0.396 e. The third-order valence-corrected chi connectivity index (χ3v) is 3.21. The summed E-state index contributed by atoms with van der Waals surface area (Å²) in [7, 11) is 4.20. The smallest absolute Gasteiger partial charge is 0.0499 e. The van der Waals surface area contributed by atoms with Gasteiger partial charge < -0.3 is 15.3 Å². The highest BCUT2D eigenvalue weighted by molar-refractivity contribution is 4.88. The monoisotopic (exact) mass is 200 g/mol. The third kappa shape index (κ3) is 3.56. The lowest BCUT2D eigenvalue weighted by Crippen LogP contribution is -2.43. The quantitative estimate of drug-likeness (QED) is 0.594. The first-order valence-corrected chi connectivity index (χ1v) is 5.65. The molecule has 1 aliphatic rings. The van der Waals surface area contributed by atoms with Crippen LogP contribution in [-0.2, 0) is 0 Å². The molecule has 0 saturated heterocycles. The molecule has 0 aliphatic heterocycles. The summed E-state index contributed by atoms with van der Waals surface area (Å²) < 4.78 is 0. The van der Waals surface area contributed by atoms with Crippen LogP contribution in [0.4, 0.5) is 0 Å². The Bertz CT molecular complexity index is 150. The van der Waals surface area contributed by atoms with E-state index in [0.29, 0.717) is 6.61 Å². The van der Waals surface area contributed by atoms with Crippen LogP contribution in [0.5, 0.6) is 0 Å². The Morgan fingerprint density at radius 2 is 2.07 bits per heavy atom. The zero-order chi connectivity index (χ0) is 10.4. The van der Waals surface area contributed by atoms with Crippen molar-refractivity contribution >= 4 is 0 Å². The lowest BCUT2D eigenvalue weighted by Gasteiger charge is -2.40. The summed E-state index contributed by atoms with van der Waals surface area (Å²) in [6, 6.07) is 0. The van der Waals surface area contributed by atoms with Gasteiger partial charge in [-0.25, -0.2) is 0 Å². The maximum Gasteiger partial charge on any atom is 0.0499 e. The molecule has 84 valence electrons. The normalized spacial score (nSPS) is 19.7. The largest absolute Gasteiger partial charge is 0.396 e. The molecule has 0 amide bonds. The molecule has 0 radical (unpaired) electrons. The maximum atomic E-state index is 9.23. The molecule has 0 aromatic heterocycles. The minimum atomic E-state index is 0.234. The van der Waals surface area contributed by atoms with Crippen LogP contribution in [-0.4, -0.2) is 50.3 Å². The first-order chi connectivity index (χ1) is 6.68. The van der Waals surface area contributed by atoms with Gasteiger partial charge in [-0.1, -0.05) is 6.42 Å². The maximum absolute atomic E-state index is 9.23. The molecule has 0 aromatic rings. The minimum absolute atomic E-state index is 0.234. The van der Waals surface area contributed by atoms with E-state index in [1.807, 2.05) is 0 Å². The molecule has 0 spiro atoms. The number of nitrogens with one attached hydrogen (secondary N) is 1. The summed E-state index contributed by atoms with van der Waals surface area (Å²) in [6.07, 6.45) is 4.88. The molecule has 1 saturated carbocycles. The Labute approximate surface area is 87.5 Å². The number of aliphatic hydroxyl groups is 1. The van der Waals surface area contributed by atoms with E-state index in [1.54, 1.807) is 0 Å². The second-order valence-electron chi connectivity index (χ2n) is 4.85. The van der Waals surface area contributed by atoms with Crippen LogP contribution in [0.3, 0.4) is 0 Å². The van der Waals surface area contributed by atoms with E-state index < -0.39 is 0 Å². The molecule has 1 aliphatic carbocycles. The molecule has 0 atom stereocenters. The average Bonchev–Trinajstić information content (AvgIpc) is 2.08. The van der Waals surface area contributed by atoms with E-state index in [-0.39, 0.29) is 5.41 Å². The number of nitrogens with zero attached hydrogens (tertiary/aromatic N) is 1. The molecule has 3 heteroatoms. The van der Waals surface area contributed by atoms with Gasteiger partial charge in [-0.05, 0) is 46.4 Å². The van der Waals surface area contributed by atoms with E-state index in [4.69, 9.17) is 0 Å². The first-order valence-electron chi connectivity index (χ1n) is 5.65. The van der Waals surface area contributed by atoms with Crippen molar-refractivity contribution in [2.45, 2.75) is 25.7 Å². The van der Waals surface area contributed by atoms with Crippen molar-refractivity contribution in [2.24, 2.45) is 5.41 Å². The van der Waals surface area contributed by atoms with E-state index in [2.05, 4.69) is 24.3 Å². The van der Waals surface area contributed by atoms with E-state index in [1.165, 1.54) is 25.7 Å². The highest BCUT2D eigenvalue weighted by Crippen LogP contribution is 2.39. The lowest BCUT2D eigenvalue weighted by atomic mass is 9.69. The Kier molecular flexibility index (Phi) is 4.85. The standard InChI is InChI=1S/C11H24N2O/c1-13(2)8-4-7-12-9-11(10-14)5-3-6-11/h12,14H,3-10H2,1-2H3. The first kappa shape index (κ1) is 12.0. The van der Waals surface area contributed by atoms with Crippen molar-refractivity contribution in [2.75, 3.05) is 40.3 Å². The van der Waals surface area contributed by atoms with Crippen molar-refractivity contribution < 1.29 is 5.11 Å². The number of aliphatic hydroxyl groups excluding tert-OH is 1. The molecular formula is C11H24N2O. The van der Waals surface area contributed by atoms with Crippen LogP contribution in [0.2, 0.25) is 0 Å². The fraction of sp³-hybridized carbons (Fsp3) is 1.00. The number of hydrogen-bond acceptors (Lipinski definition) is 3. The van der Waals surface area contributed by atoms with Crippen molar-refractivity contribution in [1.29, 1.82) is 0 Å². The van der Waals surface area contributed by atoms with Crippen molar-refractivity contribution in [3.63, 3.8) is 0 Å². The van der Waals surface area contributed by atoms with Gasteiger partial charge in [-0.3, -0.25) is 0 Å². The van der Waals surface area contributed by atoms with Gasteiger partial charge in [0.15, 0.2) is 0 Å². The van der Waals surface area contributed by atoms with Crippen LogP contribution in [0, 0.1) is 5.41 Å². The molecule has 0 unspecified atom stereocenters. The second kappa shape index (κ2) is 5.69. The summed E-state index contributed by atoms with van der Waals surface area (Å²) in [4.78, 5) is 2.20. The summed E-state index contributed by atoms with van der Waals surface area (Å²) in [5.41, 5.74) is 0.234. The molecule has 1 rings (SSSR count). The second-order valence-corrected chi connectivity index (χ2v) is 4.85. The highest BCUT2D eigenvalue weighted by atomic mass is 16.3. The van der Waals surface area contributed by atoms with Gasteiger partial charge in [0.2, 0.25) is 0 Å². The summed E-state index contributed by atoms with van der Waals surface area (Å²) in [6.45, 7) is 3.56. The summed E-state index contributed by atoms with van der Waals surface area (Å²) in [5, 5.41) is 12.7. The number of rotatable bonds is 7. The summed E-state index contributed by atoms with van der Waals surface area (Å²) in [5.74, 6) is 0. The molecule has 1 fully saturated rings. The Balaban J connectivity index is 1.97. The van der Waals surface area contributed by atoms with Crippen molar-refractivity contribution in [3.05, 3.63) is 0 Å². The summed E-state index contributed by atoms with van der Waals surface area (Å²) >= 11 is 0. The van der Waals surface area contributed by atoms with Crippen molar-refractivity contribution in [3.8, 4) is 0 Å². The zero-order valence-electron chi connectivity index (χ0n) is 9.55. The molecule has 14 heavy (non-hydrogen) atoms. The van der Waals surface area contributed by atoms with Crippen LogP contribution in [0.15, 0.2) is 0 Å². The van der Waals surface area contributed by atoms with Crippen molar-refractivity contribution in [1.82, 2.24) is 10.2 Å². The predicted octanol–water partition coefficient (Wildman–Crippen LogP) is 0.690. The van der Waals surface area contributed by atoms with E-state index in [0.717, 1.165) is 19.6 Å². The van der Waals surface area contributed by atoms with Gasteiger partial charge in [0.1, 0.15) is 0 Å². The molecule has 2 N–H and O–H groups in total. The molecular weight excluding hydrogens is 176 g/mol. The highest BCUT2D eigenvalue weighted by Gasteiger charge is 2.35. The number of hydrogen-bond donors (Lipinski definition) is 2. The van der Waals surface area contributed by atoms with Crippen LogP contribution >= 0.6 is 0 Å². The molecule has 0 bridgehead atoms.